The minimum atomic E-state index is 0.0476. The maximum atomic E-state index is 11.6. The zero-order valence-electron chi connectivity index (χ0n) is 14.0. The minimum Gasteiger partial charge on any atom is -0.492 e. The van der Waals surface area contributed by atoms with Crippen molar-refractivity contribution in [3.05, 3.63) is 36.7 Å². The average Bonchev–Trinajstić information content (AvgIpc) is 2.96. The lowest BCUT2D eigenvalue weighted by Gasteiger charge is -2.10. The van der Waals surface area contributed by atoms with Gasteiger partial charge >= 0.3 is 0 Å². The Kier molecular flexibility index (Phi) is 6.17. The van der Waals surface area contributed by atoms with Crippen LogP contribution in [0.3, 0.4) is 0 Å². The summed E-state index contributed by atoms with van der Waals surface area (Å²) in [5.41, 5.74) is 2.11. The number of hydrogen-bond donors (Lipinski definition) is 1. The van der Waals surface area contributed by atoms with Crippen LogP contribution in [0.1, 0.15) is 6.42 Å². The summed E-state index contributed by atoms with van der Waals surface area (Å²) in [6.45, 7) is 1.70. The van der Waals surface area contributed by atoms with E-state index in [9.17, 15) is 4.79 Å². The molecule has 1 amide bonds. The lowest BCUT2D eigenvalue weighted by Crippen LogP contribution is -2.30. The van der Waals surface area contributed by atoms with Crippen LogP contribution < -0.4 is 10.1 Å². The third-order valence-corrected chi connectivity index (χ3v) is 3.35. The Morgan fingerprint density at radius 2 is 2.17 bits per heavy atom. The number of aromatic nitrogens is 2. The van der Waals surface area contributed by atoms with Crippen molar-refractivity contribution >= 4 is 5.91 Å². The quantitative estimate of drug-likeness (QED) is 0.751. The number of nitrogens with one attached hydrogen (secondary N) is 1. The van der Waals surface area contributed by atoms with Gasteiger partial charge in [0, 0.05) is 31.8 Å². The van der Waals surface area contributed by atoms with Crippen LogP contribution in [-0.2, 0) is 11.8 Å². The summed E-state index contributed by atoms with van der Waals surface area (Å²) in [5.74, 6) is 0.834. The molecule has 0 aliphatic heterocycles. The fraction of sp³-hybridized carbons (Fsp3) is 0.412. The first-order chi connectivity index (χ1) is 11.0. The SMILES string of the molecule is CN(C)CCC(=O)NCCOc1cccc(-c2cnn(C)c2)c1. The Bertz CT molecular complexity index is 637. The molecule has 0 unspecified atom stereocenters. The summed E-state index contributed by atoms with van der Waals surface area (Å²) in [5, 5.41) is 7.03. The molecule has 0 atom stereocenters. The largest absolute Gasteiger partial charge is 0.492 e. The predicted molar refractivity (Wildman–Crippen MR) is 90.3 cm³/mol. The summed E-state index contributed by atoms with van der Waals surface area (Å²) < 4.78 is 7.47. The van der Waals surface area contributed by atoms with Crippen LogP contribution in [0, 0.1) is 0 Å². The molecule has 0 spiro atoms. The summed E-state index contributed by atoms with van der Waals surface area (Å²) >= 11 is 0. The van der Waals surface area contributed by atoms with Gasteiger partial charge in [-0.25, -0.2) is 0 Å². The van der Waals surface area contributed by atoms with E-state index < -0.39 is 0 Å². The summed E-state index contributed by atoms with van der Waals surface area (Å²) in [6, 6.07) is 7.86. The number of amides is 1. The molecule has 0 aliphatic rings. The molecular formula is C17H24N4O2. The van der Waals surface area contributed by atoms with Crippen molar-refractivity contribution in [1.82, 2.24) is 20.0 Å². The topological polar surface area (TPSA) is 59.4 Å². The second-order valence-electron chi connectivity index (χ2n) is 5.68. The zero-order chi connectivity index (χ0) is 16.7. The molecule has 6 heteroatoms. The van der Waals surface area contributed by atoms with Crippen molar-refractivity contribution in [2.45, 2.75) is 6.42 Å². The summed E-state index contributed by atoms with van der Waals surface area (Å²) in [7, 11) is 5.79. The number of benzene rings is 1. The van der Waals surface area contributed by atoms with E-state index in [1.807, 2.05) is 62.7 Å². The first-order valence-electron chi connectivity index (χ1n) is 7.68. The molecule has 0 bridgehead atoms. The monoisotopic (exact) mass is 316 g/mol. The molecular weight excluding hydrogens is 292 g/mol. The van der Waals surface area contributed by atoms with Gasteiger partial charge in [0.1, 0.15) is 12.4 Å². The van der Waals surface area contributed by atoms with Gasteiger partial charge in [-0.1, -0.05) is 12.1 Å². The van der Waals surface area contributed by atoms with Gasteiger partial charge in [-0.05, 0) is 31.8 Å². The molecule has 23 heavy (non-hydrogen) atoms. The maximum Gasteiger partial charge on any atom is 0.221 e. The zero-order valence-corrected chi connectivity index (χ0v) is 14.0. The highest BCUT2D eigenvalue weighted by molar-refractivity contribution is 5.76. The highest BCUT2D eigenvalue weighted by Gasteiger charge is 2.04. The van der Waals surface area contributed by atoms with Crippen LogP contribution in [-0.4, -0.2) is 54.4 Å². The molecule has 1 N–H and O–H groups in total. The van der Waals surface area contributed by atoms with Gasteiger partial charge in [-0.3, -0.25) is 9.48 Å². The molecule has 1 heterocycles. The van der Waals surface area contributed by atoms with Gasteiger partial charge < -0.3 is 15.0 Å². The van der Waals surface area contributed by atoms with E-state index in [2.05, 4.69) is 10.4 Å². The molecule has 0 aliphatic carbocycles. The van der Waals surface area contributed by atoms with E-state index in [0.29, 0.717) is 19.6 Å². The molecule has 2 rings (SSSR count). The molecule has 1 aromatic heterocycles. The number of carbonyl (C=O) groups is 1. The number of nitrogens with zero attached hydrogens (tertiary/aromatic N) is 3. The third-order valence-electron chi connectivity index (χ3n) is 3.35. The number of aryl methyl sites for hydroxylation is 1. The highest BCUT2D eigenvalue weighted by atomic mass is 16.5. The molecule has 0 saturated heterocycles. The molecule has 2 aromatic rings. The molecule has 1 aromatic carbocycles. The van der Waals surface area contributed by atoms with E-state index in [-0.39, 0.29) is 5.91 Å². The van der Waals surface area contributed by atoms with Gasteiger partial charge in [-0.2, -0.15) is 5.10 Å². The first-order valence-corrected chi connectivity index (χ1v) is 7.68. The van der Waals surface area contributed by atoms with Crippen molar-refractivity contribution in [3.8, 4) is 16.9 Å². The standard InChI is InChI=1S/C17H24N4O2/c1-20(2)9-7-17(22)18-8-10-23-16-6-4-5-14(11-16)15-12-19-21(3)13-15/h4-6,11-13H,7-10H2,1-3H3,(H,18,22). The molecule has 124 valence electrons. The number of hydrogen-bond acceptors (Lipinski definition) is 4. The molecule has 0 radical (unpaired) electrons. The van der Waals surface area contributed by atoms with Gasteiger partial charge in [0.25, 0.3) is 0 Å². The van der Waals surface area contributed by atoms with Crippen molar-refractivity contribution in [1.29, 1.82) is 0 Å². The second-order valence-corrected chi connectivity index (χ2v) is 5.68. The lowest BCUT2D eigenvalue weighted by atomic mass is 10.1. The Labute approximate surface area is 137 Å². The fourth-order valence-corrected chi connectivity index (χ4v) is 2.11. The average molecular weight is 316 g/mol. The molecule has 6 nitrogen and oxygen atoms in total. The number of rotatable bonds is 8. The first kappa shape index (κ1) is 17.0. The normalized spacial score (nSPS) is 10.8. The molecule has 0 fully saturated rings. The summed E-state index contributed by atoms with van der Waals surface area (Å²) in [6.07, 6.45) is 4.29. The Hall–Kier alpha value is -2.34. The third kappa shape index (κ3) is 5.75. The van der Waals surface area contributed by atoms with Gasteiger partial charge in [0.05, 0.1) is 12.7 Å². The van der Waals surface area contributed by atoms with Crippen LogP contribution in [0.5, 0.6) is 5.75 Å². The van der Waals surface area contributed by atoms with E-state index in [0.717, 1.165) is 23.4 Å². The van der Waals surface area contributed by atoms with E-state index in [4.69, 9.17) is 4.74 Å². The van der Waals surface area contributed by atoms with Crippen molar-refractivity contribution in [3.63, 3.8) is 0 Å². The van der Waals surface area contributed by atoms with E-state index >= 15 is 0 Å². The fourth-order valence-electron chi connectivity index (χ4n) is 2.11. The highest BCUT2D eigenvalue weighted by Crippen LogP contribution is 2.23. The van der Waals surface area contributed by atoms with Crippen LogP contribution in [0.4, 0.5) is 0 Å². The van der Waals surface area contributed by atoms with Crippen LogP contribution in [0.2, 0.25) is 0 Å². The summed E-state index contributed by atoms with van der Waals surface area (Å²) in [4.78, 5) is 13.6. The van der Waals surface area contributed by atoms with E-state index in [1.165, 1.54) is 0 Å². The van der Waals surface area contributed by atoms with Gasteiger partial charge in [0.2, 0.25) is 5.91 Å². The number of carbonyl (C=O) groups excluding carboxylic acids is 1. The second kappa shape index (κ2) is 8.33. The Balaban J connectivity index is 1.77. The van der Waals surface area contributed by atoms with Crippen molar-refractivity contribution in [2.24, 2.45) is 7.05 Å². The van der Waals surface area contributed by atoms with Gasteiger partial charge in [-0.15, -0.1) is 0 Å². The Morgan fingerprint density at radius 3 is 2.87 bits per heavy atom. The van der Waals surface area contributed by atoms with Crippen molar-refractivity contribution < 1.29 is 9.53 Å². The maximum absolute atomic E-state index is 11.6. The smallest absolute Gasteiger partial charge is 0.221 e. The van der Waals surface area contributed by atoms with Crippen molar-refractivity contribution in [2.75, 3.05) is 33.8 Å². The number of ether oxygens (including phenoxy) is 1. The predicted octanol–water partition coefficient (Wildman–Crippen LogP) is 1.53. The van der Waals surface area contributed by atoms with Gasteiger partial charge in [0.15, 0.2) is 0 Å². The lowest BCUT2D eigenvalue weighted by molar-refractivity contribution is -0.121. The van der Waals surface area contributed by atoms with Crippen LogP contribution in [0.15, 0.2) is 36.7 Å². The molecule has 0 saturated carbocycles. The Morgan fingerprint density at radius 1 is 1.35 bits per heavy atom. The van der Waals surface area contributed by atoms with Crippen LogP contribution in [0.25, 0.3) is 11.1 Å². The van der Waals surface area contributed by atoms with E-state index in [1.54, 1.807) is 4.68 Å². The minimum absolute atomic E-state index is 0.0476. The van der Waals surface area contributed by atoms with Crippen LogP contribution >= 0.6 is 0 Å².